The summed E-state index contributed by atoms with van der Waals surface area (Å²) < 4.78 is 11.1. The van der Waals surface area contributed by atoms with E-state index in [1.54, 1.807) is 6.07 Å². The molecule has 2 heterocycles. The van der Waals surface area contributed by atoms with Crippen LogP contribution in [0.4, 0.5) is 5.69 Å². The second-order valence-corrected chi connectivity index (χ2v) is 5.61. The van der Waals surface area contributed by atoms with Gasteiger partial charge in [-0.1, -0.05) is 19.1 Å². The standard InChI is InChI=1S/C19H16N2O3/c1-2-9-20-13-8-7-12-10-14(19(22)24-17(12)11-13)18-21-15-5-3-4-6-16(15)23-18/h3-8,10-11,20H,2,9H2,1H3. The van der Waals surface area contributed by atoms with E-state index in [2.05, 4.69) is 17.2 Å². The summed E-state index contributed by atoms with van der Waals surface area (Å²) in [5, 5.41) is 4.10. The second-order valence-electron chi connectivity index (χ2n) is 5.61. The van der Waals surface area contributed by atoms with Crippen molar-refractivity contribution in [3.05, 3.63) is 59.0 Å². The van der Waals surface area contributed by atoms with Crippen LogP contribution in [-0.4, -0.2) is 11.5 Å². The number of hydrogen-bond donors (Lipinski definition) is 1. The molecule has 2 aromatic carbocycles. The number of fused-ring (bicyclic) bond motifs is 2. The van der Waals surface area contributed by atoms with Crippen molar-refractivity contribution in [2.24, 2.45) is 0 Å². The summed E-state index contributed by atoms with van der Waals surface area (Å²) in [5.41, 5.74) is 2.70. The Bertz CT molecular complexity index is 1050. The molecule has 0 radical (unpaired) electrons. The highest BCUT2D eigenvalue weighted by atomic mass is 16.4. The van der Waals surface area contributed by atoms with E-state index in [4.69, 9.17) is 8.83 Å². The Morgan fingerprint density at radius 3 is 2.75 bits per heavy atom. The van der Waals surface area contributed by atoms with Crippen LogP contribution in [0.25, 0.3) is 33.5 Å². The highest BCUT2D eigenvalue weighted by Crippen LogP contribution is 2.25. The van der Waals surface area contributed by atoms with Gasteiger partial charge in [0.25, 0.3) is 0 Å². The van der Waals surface area contributed by atoms with Crippen molar-refractivity contribution in [2.45, 2.75) is 13.3 Å². The van der Waals surface area contributed by atoms with Crippen LogP contribution in [-0.2, 0) is 0 Å². The van der Waals surface area contributed by atoms with Crippen LogP contribution >= 0.6 is 0 Å². The summed E-state index contributed by atoms with van der Waals surface area (Å²) in [5.74, 6) is 0.278. The van der Waals surface area contributed by atoms with Crippen LogP contribution in [0.1, 0.15) is 13.3 Å². The van der Waals surface area contributed by atoms with Crippen LogP contribution in [0.5, 0.6) is 0 Å². The molecule has 5 heteroatoms. The first-order valence-electron chi connectivity index (χ1n) is 7.92. The molecule has 120 valence electrons. The molecule has 0 aliphatic carbocycles. The minimum absolute atomic E-state index is 0.278. The van der Waals surface area contributed by atoms with Gasteiger partial charge in [0.2, 0.25) is 5.89 Å². The van der Waals surface area contributed by atoms with E-state index in [9.17, 15) is 4.79 Å². The van der Waals surface area contributed by atoms with Gasteiger partial charge < -0.3 is 14.2 Å². The first-order chi connectivity index (χ1) is 11.7. The summed E-state index contributed by atoms with van der Waals surface area (Å²) in [6.45, 7) is 2.97. The maximum Gasteiger partial charge on any atom is 0.349 e. The van der Waals surface area contributed by atoms with Gasteiger partial charge in [0.15, 0.2) is 5.58 Å². The molecule has 24 heavy (non-hydrogen) atoms. The Balaban J connectivity index is 1.81. The zero-order chi connectivity index (χ0) is 16.5. The largest absolute Gasteiger partial charge is 0.436 e. The zero-order valence-electron chi connectivity index (χ0n) is 13.2. The molecule has 0 saturated heterocycles. The summed E-state index contributed by atoms with van der Waals surface area (Å²) in [6.07, 6.45) is 1.03. The molecular formula is C19H16N2O3. The fourth-order valence-electron chi connectivity index (χ4n) is 2.63. The third-order valence-electron chi connectivity index (χ3n) is 3.84. The fourth-order valence-corrected chi connectivity index (χ4v) is 2.63. The lowest BCUT2D eigenvalue weighted by molar-refractivity contribution is 0.553. The van der Waals surface area contributed by atoms with Crippen molar-refractivity contribution < 1.29 is 8.83 Å². The SMILES string of the molecule is CCCNc1ccc2cc(-c3nc4ccccc4o3)c(=O)oc2c1. The van der Waals surface area contributed by atoms with E-state index in [0.717, 1.165) is 24.0 Å². The molecular weight excluding hydrogens is 304 g/mol. The van der Waals surface area contributed by atoms with Crippen molar-refractivity contribution in [2.75, 3.05) is 11.9 Å². The van der Waals surface area contributed by atoms with Gasteiger partial charge in [0.1, 0.15) is 16.7 Å². The number of anilines is 1. The van der Waals surface area contributed by atoms with Crippen molar-refractivity contribution in [1.29, 1.82) is 0 Å². The monoisotopic (exact) mass is 320 g/mol. The van der Waals surface area contributed by atoms with E-state index in [1.807, 2.05) is 42.5 Å². The van der Waals surface area contributed by atoms with Crippen molar-refractivity contribution >= 4 is 27.8 Å². The van der Waals surface area contributed by atoms with Gasteiger partial charge in [0.05, 0.1) is 0 Å². The Morgan fingerprint density at radius 2 is 1.92 bits per heavy atom. The highest BCUT2D eigenvalue weighted by molar-refractivity contribution is 5.84. The lowest BCUT2D eigenvalue weighted by Gasteiger charge is -2.05. The van der Waals surface area contributed by atoms with Crippen molar-refractivity contribution in [3.8, 4) is 11.5 Å². The molecule has 0 aliphatic heterocycles. The highest BCUT2D eigenvalue weighted by Gasteiger charge is 2.14. The molecule has 0 spiro atoms. The van der Waals surface area contributed by atoms with E-state index in [1.165, 1.54) is 0 Å². The molecule has 4 rings (SSSR count). The molecule has 0 unspecified atom stereocenters. The molecule has 0 aliphatic rings. The number of para-hydroxylation sites is 2. The van der Waals surface area contributed by atoms with E-state index in [-0.39, 0.29) is 5.89 Å². The molecule has 1 N–H and O–H groups in total. The average Bonchev–Trinajstić information content (AvgIpc) is 3.03. The van der Waals surface area contributed by atoms with Crippen molar-refractivity contribution in [3.63, 3.8) is 0 Å². The third kappa shape index (κ3) is 2.54. The average molecular weight is 320 g/mol. The predicted octanol–water partition coefficient (Wildman–Crippen LogP) is 4.42. The van der Waals surface area contributed by atoms with Gasteiger partial charge >= 0.3 is 5.63 Å². The van der Waals surface area contributed by atoms with Gasteiger partial charge in [-0.2, -0.15) is 0 Å². The zero-order valence-corrected chi connectivity index (χ0v) is 13.2. The normalized spacial score (nSPS) is 11.2. The maximum atomic E-state index is 12.3. The van der Waals surface area contributed by atoms with Gasteiger partial charge in [-0.3, -0.25) is 0 Å². The summed E-state index contributed by atoms with van der Waals surface area (Å²) in [7, 11) is 0. The lowest BCUT2D eigenvalue weighted by atomic mass is 10.1. The summed E-state index contributed by atoms with van der Waals surface area (Å²) in [4.78, 5) is 16.7. The first-order valence-corrected chi connectivity index (χ1v) is 7.92. The van der Waals surface area contributed by atoms with E-state index < -0.39 is 5.63 Å². The van der Waals surface area contributed by atoms with Gasteiger partial charge in [-0.25, -0.2) is 9.78 Å². The van der Waals surface area contributed by atoms with Gasteiger partial charge in [-0.15, -0.1) is 0 Å². The van der Waals surface area contributed by atoms with Crippen LogP contribution in [0.2, 0.25) is 0 Å². The van der Waals surface area contributed by atoms with Crippen LogP contribution in [0, 0.1) is 0 Å². The molecule has 0 saturated carbocycles. The number of nitrogens with zero attached hydrogens (tertiary/aromatic N) is 1. The first kappa shape index (κ1) is 14.5. The van der Waals surface area contributed by atoms with Crippen LogP contribution in [0.15, 0.2) is 62.2 Å². The lowest BCUT2D eigenvalue weighted by Crippen LogP contribution is -2.04. The second kappa shape index (κ2) is 5.85. The number of hydrogen-bond acceptors (Lipinski definition) is 5. The smallest absolute Gasteiger partial charge is 0.349 e. The predicted molar refractivity (Wildman–Crippen MR) is 94.3 cm³/mol. The molecule has 0 fully saturated rings. The van der Waals surface area contributed by atoms with Crippen LogP contribution < -0.4 is 10.9 Å². The Morgan fingerprint density at radius 1 is 1.04 bits per heavy atom. The maximum absolute atomic E-state index is 12.3. The summed E-state index contributed by atoms with van der Waals surface area (Å²) in [6, 6.07) is 14.9. The van der Waals surface area contributed by atoms with Gasteiger partial charge in [-0.05, 0) is 36.8 Å². The Kier molecular flexibility index (Phi) is 3.54. The van der Waals surface area contributed by atoms with Crippen LogP contribution in [0.3, 0.4) is 0 Å². The minimum atomic E-state index is -0.457. The topological polar surface area (TPSA) is 68.3 Å². The quantitative estimate of drug-likeness (QED) is 0.564. The fraction of sp³-hybridized carbons (Fsp3) is 0.158. The number of benzene rings is 2. The number of aromatic nitrogens is 1. The number of rotatable bonds is 4. The van der Waals surface area contributed by atoms with Gasteiger partial charge in [0, 0.05) is 23.7 Å². The minimum Gasteiger partial charge on any atom is -0.436 e. The summed E-state index contributed by atoms with van der Waals surface area (Å²) >= 11 is 0. The third-order valence-corrected chi connectivity index (χ3v) is 3.84. The Labute approximate surface area is 137 Å². The number of nitrogens with one attached hydrogen (secondary N) is 1. The van der Waals surface area contributed by atoms with E-state index >= 15 is 0 Å². The molecule has 4 aromatic rings. The molecule has 0 atom stereocenters. The Hall–Kier alpha value is -3.08. The molecule has 0 amide bonds. The molecule has 5 nitrogen and oxygen atoms in total. The number of oxazole rings is 1. The molecule has 0 bridgehead atoms. The van der Waals surface area contributed by atoms with Crippen molar-refractivity contribution in [1.82, 2.24) is 4.98 Å². The van der Waals surface area contributed by atoms with E-state index in [0.29, 0.717) is 22.2 Å². The molecule has 2 aromatic heterocycles.